The number of likely N-dealkylation sites (tertiary alicyclic amines) is 1. The van der Waals surface area contributed by atoms with Gasteiger partial charge in [0.15, 0.2) is 5.82 Å². The number of nitrogens with one attached hydrogen (secondary N) is 1. The van der Waals surface area contributed by atoms with Gasteiger partial charge in [0.25, 0.3) is 0 Å². The molecule has 0 radical (unpaired) electrons. The highest BCUT2D eigenvalue weighted by Gasteiger charge is 2.34. The van der Waals surface area contributed by atoms with Gasteiger partial charge in [0.1, 0.15) is 11.9 Å². The number of hydrogen-bond donors (Lipinski definition) is 1. The predicted molar refractivity (Wildman–Crippen MR) is 106 cm³/mol. The van der Waals surface area contributed by atoms with Crippen LogP contribution < -0.4 is 5.32 Å². The third-order valence-electron chi connectivity index (χ3n) is 5.56. The van der Waals surface area contributed by atoms with Gasteiger partial charge >= 0.3 is 6.03 Å². The summed E-state index contributed by atoms with van der Waals surface area (Å²) in [5, 5.41) is 6.66. The largest absolute Gasteiger partial charge is 0.381 e. The van der Waals surface area contributed by atoms with E-state index in [1.807, 2.05) is 0 Å². The maximum Gasteiger partial charge on any atom is 0.322 e. The molecule has 1 N–H and O–H groups in total. The average Bonchev–Trinajstić information content (AvgIpc) is 3.43. The summed E-state index contributed by atoms with van der Waals surface area (Å²) in [7, 11) is 0. The van der Waals surface area contributed by atoms with Crippen molar-refractivity contribution < 1.29 is 23.2 Å². The Bertz CT molecular complexity index is 840. The van der Waals surface area contributed by atoms with Crippen LogP contribution in [0.5, 0.6) is 0 Å². The molecule has 30 heavy (non-hydrogen) atoms. The number of benzene rings is 1. The summed E-state index contributed by atoms with van der Waals surface area (Å²) in [6, 6.07) is 5.42. The molecular weight excluding hydrogens is 391 g/mol. The molecule has 2 aliphatic rings. The zero-order valence-electron chi connectivity index (χ0n) is 16.9. The Kier molecular flexibility index (Phi) is 6.91. The number of rotatable bonds is 7. The second kappa shape index (κ2) is 9.99. The summed E-state index contributed by atoms with van der Waals surface area (Å²) in [4.78, 5) is 18.7. The SMILES string of the molecule is O=C(Nc1ccccc1F)N1CCCC1c1nc(CCOCC2CCOCC2)no1. The van der Waals surface area contributed by atoms with Crippen LogP contribution in [0.15, 0.2) is 28.8 Å². The van der Waals surface area contributed by atoms with Crippen molar-refractivity contribution in [1.29, 1.82) is 0 Å². The molecule has 4 rings (SSSR count). The second-order valence-electron chi connectivity index (χ2n) is 7.69. The fourth-order valence-electron chi connectivity index (χ4n) is 3.85. The fraction of sp³-hybridized carbons (Fsp3) is 0.571. The minimum absolute atomic E-state index is 0.154. The molecule has 8 nitrogen and oxygen atoms in total. The summed E-state index contributed by atoms with van der Waals surface area (Å²) in [6.45, 7) is 3.42. The molecular formula is C21H27FN4O4. The fourth-order valence-corrected chi connectivity index (χ4v) is 3.85. The number of carbonyl (C=O) groups is 1. The molecule has 0 saturated carbocycles. The molecule has 162 valence electrons. The molecule has 1 unspecified atom stereocenters. The number of urea groups is 1. The van der Waals surface area contributed by atoms with E-state index in [0.29, 0.717) is 37.2 Å². The number of nitrogens with zero attached hydrogens (tertiary/aromatic N) is 3. The van der Waals surface area contributed by atoms with Crippen LogP contribution in [0, 0.1) is 11.7 Å². The number of hydrogen-bond acceptors (Lipinski definition) is 6. The standard InChI is InChI=1S/C21H27FN4O4/c22-16-4-1-2-5-17(16)23-21(27)26-10-3-6-18(26)20-24-19(25-30-20)9-13-29-14-15-7-11-28-12-8-15/h1-2,4-5,15,18H,3,6-14H2,(H,23,27). The molecule has 2 aromatic rings. The molecule has 1 aromatic heterocycles. The Hall–Kier alpha value is -2.52. The zero-order chi connectivity index (χ0) is 20.8. The van der Waals surface area contributed by atoms with Crippen LogP contribution in [0.2, 0.25) is 0 Å². The van der Waals surface area contributed by atoms with E-state index in [-0.39, 0.29) is 17.8 Å². The molecule has 2 aliphatic heterocycles. The summed E-state index contributed by atoms with van der Waals surface area (Å²) in [5.41, 5.74) is 0.154. The van der Waals surface area contributed by atoms with Crippen LogP contribution in [0.25, 0.3) is 0 Å². The van der Waals surface area contributed by atoms with Crippen molar-refractivity contribution in [3.8, 4) is 0 Å². The Morgan fingerprint density at radius 3 is 2.93 bits per heavy atom. The summed E-state index contributed by atoms with van der Waals surface area (Å²) >= 11 is 0. The van der Waals surface area contributed by atoms with Gasteiger partial charge in [-0.05, 0) is 43.7 Å². The lowest BCUT2D eigenvalue weighted by molar-refractivity contribution is 0.0211. The van der Waals surface area contributed by atoms with Crippen LogP contribution in [0.3, 0.4) is 0 Å². The first-order chi connectivity index (χ1) is 14.7. The van der Waals surface area contributed by atoms with E-state index in [1.54, 1.807) is 17.0 Å². The smallest absolute Gasteiger partial charge is 0.322 e. The van der Waals surface area contributed by atoms with Crippen molar-refractivity contribution in [2.24, 2.45) is 5.92 Å². The van der Waals surface area contributed by atoms with E-state index in [1.165, 1.54) is 12.1 Å². The topological polar surface area (TPSA) is 89.7 Å². The van der Waals surface area contributed by atoms with E-state index in [2.05, 4.69) is 15.5 Å². The highest BCUT2D eigenvalue weighted by Crippen LogP contribution is 2.31. The summed E-state index contributed by atoms with van der Waals surface area (Å²) < 4.78 is 30.4. The van der Waals surface area contributed by atoms with Gasteiger partial charge in [-0.1, -0.05) is 17.3 Å². The van der Waals surface area contributed by atoms with Gasteiger partial charge in [-0.25, -0.2) is 9.18 Å². The molecule has 0 spiro atoms. The normalized spacial score (nSPS) is 19.9. The highest BCUT2D eigenvalue weighted by molar-refractivity contribution is 5.89. The number of para-hydroxylation sites is 1. The maximum atomic E-state index is 13.8. The minimum Gasteiger partial charge on any atom is -0.381 e. The Morgan fingerprint density at radius 1 is 1.27 bits per heavy atom. The Morgan fingerprint density at radius 2 is 2.10 bits per heavy atom. The third-order valence-corrected chi connectivity index (χ3v) is 5.56. The van der Waals surface area contributed by atoms with Crippen molar-refractivity contribution >= 4 is 11.7 Å². The monoisotopic (exact) mass is 418 g/mol. The van der Waals surface area contributed by atoms with E-state index < -0.39 is 5.82 Å². The number of halogens is 1. The minimum atomic E-state index is -0.470. The summed E-state index contributed by atoms with van der Waals surface area (Å²) in [6.07, 6.45) is 4.19. The van der Waals surface area contributed by atoms with Gasteiger partial charge in [0.2, 0.25) is 5.89 Å². The van der Waals surface area contributed by atoms with Gasteiger partial charge in [0, 0.05) is 32.8 Å². The quantitative estimate of drug-likeness (QED) is 0.692. The first-order valence-corrected chi connectivity index (χ1v) is 10.5. The van der Waals surface area contributed by atoms with Crippen molar-refractivity contribution in [2.45, 2.75) is 38.1 Å². The van der Waals surface area contributed by atoms with E-state index in [0.717, 1.165) is 45.5 Å². The van der Waals surface area contributed by atoms with Crippen LogP contribution >= 0.6 is 0 Å². The van der Waals surface area contributed by atoms with Gasteiger partial charge in [-0.15, -0.1) is 0 Å². The number of aromatic nitrogens is 2. The van der Waals surface area contributed by atoms with Gasteiger partial charge in [0.05, 0.1) is 12.3 Å². The predicted octanol–water partition coefficient (Wildman–Crippen LogP) is 3.56. The highest BCUT2D eigenvalue weighted by atomic mass is 19.1. The van der Waals surface area contributed by atoms with Gasteiger partial charge in [-0.2, -0.15) is 4.98 Å². The van der Waals surface area contributed by atoms with Crippen LogP contribution in [0.1, 0.15) is 43.4 Å². The Labute approximate surface area is 174 Å². The maximum absolute atomic E-state index is 13.8. The molecule has 2 fully saturated rings. The number of amides is 2. The molecule has 0 aliphatic carbocycles. The molecule has 9 heteroatoms. The van der Waals surface area contributed by atoms with Crippen molar-refractivity contribution in [1.82, 2.24) is 15.0 Å². The number of anilines is 1. The van der Waals surface area contributed by atoms with Crippen molar-refractivity contribution in [3.63, 3.8) is 0 Å². The van der Waals surface area contributed by atoms with Gasteiger partial charge < -0.3 is 24.2 Å². The first-order valence-electron chi connectivity index (χ1n) is 10.5. The van der Waals surface area contributed by atoms with Crippen LogP contribution in [0.4, 0.5) is 14.9 Å². The molecule has 0 bridgehead atoms. The molecule has 2 saturated heterocycles. The zero-order valence-corrected chi connectivity index (χ0v) is 16.9. The lowest BCUT2D eigenvalue weighted by Crippen LogP contribution is -2.34. The molecule has 1 atom stereocenters. The molecule has 3 heterocycles. The van der Waals surface area contributed by atoms with Crippen LogP contribution in [-0.2, 0) is 15.9 Å². The van der Waals surface area contributed by atoms with E-state index in [4.69, 9.17) is 14.0 Å². The van der Waals surface area contributed by atoms with Crippen LogP contribution in [-0.4, -0.2) is 54.0 Å². The Balaban J connectivity index is 1.28. The summed E-state index contributed by atoms with van der Waals surface area (Å²) in [5.74, 6) is 1.07. The van der Waals surface area contributed by atoms with E-state index >= 15 is 0 Å². The second-order valence-corrected chi connectivity index (χ2v) is 7.69. The van der Waals surface area contributed by atoms with Gasteiger partial charge in [-0.3, -0.25) is 0 Å². The van der Waals surface area contributed by atoms with Crippen molar-refractivity contribution in [3.05, 3.63) is 41.8 Å². The van der Waals surface area contributed by atoms with E-state index in [9.17, 15) is 9.18 Å². The lowest BCUT2D eigenvalue weighted by atomic mass is 10.0. The number of ether oxygens (including phenoxy) is 2. The average molecular weight is 418 g/mol. The molecule has 1 aromatic carbocycles. The third kappa shape index (κ3) is 5.14. The lowest BCUT2D eigenvalue weighted by Gasteiger charge is -2.22. The molecule has 2 amide bonds. The first kappa shape index (κ1) is 20.7. The van der Waals surface area contributed by atoms with Crippen molar-refractivity contribution in [2.75, 3.05) is 38.3 Å². The number of carbonyl (C=O) groups excluding carboxylic acids is 1.